The first-order valence-corrected chi connectivity index (χ1v) is 5.36. The highest BCUT2D eigenvalue weighted by molar-refractivity contribution is 5.77. The first-order chi connectivity index (χ1) is 9.16. The van der Waals surface area contributed by atoms with Gasteiger partial charge in [0.25, 0.3) is 0 Å². The molecule has 94 valence electrons. The molecule has 0 fully saturated rings. The van der Waals surface area contributed by atoms with Gasteiger partial charge in [-0.1, -0.05) is 6.07 Å². The van der Waals surface area contributed by atoms with Crippen LogP contribution in [0.5, 0.6) is 0 Å². The van der Waals surface area contributed by atoms with Crippen molar-refractivity contribution in [2.24, 2.45) is 0 Å². The molecule has 3 rings (SSSR count). The summed E-state index contributed by atoms with van der Waals surface area (Å²) < 4.78 is 32.1. The number of fused-ring (bicyclic) bond motifs is 1. The molecule has 0 aliphatic rings. The number of pyridine rings is 1. The number of hydrogen-bond acceptors (Lipinski definition) is 4. The van der Waals surface area contributed by atoms with E-state index in [4.69, 9.17) is 4.42 Å². The quantitative estimate of drug-likeness (QED) is 0.674. The summed E-state index contributed by atoms with van der Waals surface area (Å²) in [5.74, 6) is -2.10. The van der Waals surface area contributed by atoms with Crippen molar-refractivity contribution in [2.45, 2.75) is 0 Å². The second-order valence-electron chi connectivity index (χ2n) is 3.80. The van der Waals surface area contributed by atoms with Gasteiger partial charge in [-0.2, -0.15) is 0 Å². The van der Waals surface area contributed by atoms with Crippen molar-refractivity contribution in [3.05, 3.63) is 58.7 Å². The van der Waals surface area contributed by atoms with E-state index in [1.807, 2.05) is 0 Å². The highest BCUT2D eigenvalue weighted by Crippen LogP contribution is 2.24. The molecule has 0 amide bonds. The van der Waals surface area contributed by atoms with E-state index in [1.54, 1.807) is 0 Å². The Hall–Kier alpha value is -2.63. The van der Waals surface area contributed by atoms with E-state index < -0.39 is 28.7 Å². The Balaban J connectivity index is 2.35. The lowest BCUT2D eigenvalue weighted by molar-refractivity contribution is 0.501. The monoisotopic (exact) mass is 260 g/mol. The zero-order chi connectivity index (χ0) is 13.4. The lowest BCUT2D eigenvalue weighted by Gasteiger charge is -2.03. The highest BCUT2D eigenvalue weighted by Gasteiger charge is 2.16. The maximum Gasteiger partial charge on any atom is 0.347 e. The van der Waals surface area contributed by atoms with Crippen molar-refractivity contribution in [1.82, 2.24) is 9.97 Å². The topological polar surface area (TPSA) is 56.0 Å². The molecule has 0 radical (unpaired) electrons. The van der Waals surface area contributed by atoms with E-state index in [1.165, 1.54) is 24.5 Å². The van der Waals surface area contributed by atoms with Crippen LogP contribution in [0.25, 0.3) is 22.4 Å². The Morgan fingerprint density at radius 3 is 2.58 bits per heavy atom. The van der Waals surface area contributed by atoms with Crippen LogP contribution in [0.1, 0.15) is 0 Å². The number of aromatic nitrogens is 2. The van der Waals surface area contributed by atoms with Crippen LogP contribution in [0.4, 0.5) is 8.78 Å². The van der Waals surface area contributed by atoms with Crippen molar-refractivity contribution in [3.63, 3.8) is 0 Å². The summed E-state index contributed by atoms with van der Waals surface area (Å²) in [5, 5.41) is 0.204. The number of rotatable bonds is 1. The first kappa shape index (κ1) is 11.5. The normalized spacial score (nSPS) is 10.8. The summed E-state index contributed by atoms with van der Waals surface area (Å²) in [5.41, 5.74) is -0.966. The molecule has 2 aromatic heterocycles. The van der Waals surface area contributed by atoms with Crippen LogP contribution >= 0.6 is 0 Å². The van der Waals surface area contributed by atoms with E-state index >= 15 is 0 Å². The first-order valence-electron chi connectivity index (χ1n) is 5.36. The van der Waals surface area contributed by atoms with Crippen molar-refractivity contribution >= 4 is 10.9 Å². The maximum atomic E-state index is 13.6. The third-order valence-electron chi connectivity index (χ3n) is 2.61. The van der Waals surface area contributed by atoms with Gasteiger partial charge < -0.3 is 4.42 Å². The minimum Gasteiger partial charge on any atom is -0.403 e. The molecule has 0 N–H and O–H groups in total. The van der Waals surface area contributed by atoms with Crippen molar-refractivity contribution in [3.8, 4) is 11.5 Å². The van der Waals surface area contributed by atoms with E-state index in [2.05, 4.69) is 9.97 Å². The summed E-state index contributed by atoms with van der Waals surface area (Å²) in [6.07, 6.45) is 2.73. The van der Waals surface area contributed by atoms with Crippen LogP contribution in [0.2, 0.25) is 0 Å². The molecule has 0 saturated heterocycles. The molecule has 0 unspecified atom stereocenters. The molecule has 0 saturated carbocycles. The fourth-order valence-corrected chi connectivity index (χ4v) is 1.73. The van der Waals surface area contributed by atoms with E-state index in [0.717, 1.165) is 12.1 Å². The van der Waals surface area contributed by atoms with Gasteiger partial charge >= 0.3 is 5.63 Å². The van der Waals surface area contributed by atoms with Crippen molar-refractivity contribution < 1.29 is 13.2 Å². The van der Waals surface area contributed by atoms with Gasteiger partial charge in [0.1, 0.15) is 17.2 Å². The standard InChI is InChI=1S/C13H6F2N2O2/c14-8-2-1-3-9(15)11(8)12-17-10-6-16-5-4-7(10)13(18)19-12/h1-6H. The van der Waals surface area contributed by atoms with Gasteiger partial charge in [-0.05, 0) is 18.2 Å². The lowest BCUT2D eigenvalue weighted by Crippen LogP contribution is -2.04. The largest absolute Gasteiger partial charge is 0.403 e. The maximum absolute atomic E-state index is 13.6. The van der Waals surface area contributed by atoms with Gasteiger partial charge in [0, 0.05) is 6.20 Å². The fraction of sp³-hybridized carbons (Fsp3) is 0. The number of hydrogen-bond donors (Lipinski definition) is 0. The number of benzene rings is 1. The van der Waals surface area contributed by atoms with Crippen LogP contribution < -0.4 is 5.63 Å². The molecule has 3 aromatic rings. The Morgan fingerprint density at radius 2 is 1.84 bits per heavy atom. The average Bonchev–Trinajstić information content (AvgIpc) is 2.38. The molecule has 0 aliphatic heterocycles. The summed E-state index contributed by atoms with van der Waals surface area (Å²) in [7, 11) is 0. The van der Waals surface area contributed by atoms with Gasteiger partial charge in [0.2, 0.25) is 5.89 Å². The molecule has 2 heterocycles. The minimum absolute atomic E-state index is 0.204. The predicted molar refractivity (Wildman–Crippen MR) is 63.4 cm³/mol. The second kappa shape index (κ2) is 4.24. The Bertz CT molecular complexity index is 810. The highest BCUT2D eigenvalue weighted by atomic mass is 19.1. The van der Waals surface area contributed by atoms with Crippen LogP contribution in [0.15, 0.2) is 45.9 Å². The van der Waals surface area contributed by atoms with Gasteiger partial charge in [0.15, 0.2) is 0 Å². The summed E-state index contributed by atoms with van der Waals surface area (Å²) in [4.78, 5) is 19.4. The summed E-state index contributed by atoms with van der Waals surface area (Å²) in [6.45, 7) is 0. The third-order valence-corrected chi connectivity index (χ3v) is 2.61. The Labute approximate surface area is 105 Å². The van der Waals surface area contributed by atoms with E-state index in [-0.39, 0.29) is 10.9 Å². The zero-order valence-corrected chi connectivity index (χ0v) is 9.43. The van der Waals surface area contributed by atoms with Gasteiger partial charge in [-0.25, -0.2) is 18.6 Å². The molecule has 0 bridgehead atoms. The van der Waals surface area contributed by atoms with Crippen molar-refractivity contribution in [1.29, 1.82) is 0 Å². The van der Waals surface area contributed by atoms with Gasteiger partial charge in [-0.15, -0.1) is 0 Å². The van der Waals surface area contributed by atoms with Crippen molar-refractivity contribution in [2.75, 3.05) is 0 Å². The number of halogens is 2. The second-order valence-corrected chi connectivity index (χ2v) is 3.80. The minimum atomic E-state index is -0.848. The molecule has 19 heavy (non-hydrogen) atoms. The molecule has 0 aliphatic carbocycles. The SMILES string of the molecule is O=c1oc(-c2c(F)cccc2F)nc2cnccc12. The Morgan fingerprint density at radius 1 is 1.11 bits per heavy atom. The van der Waals surface area contributed by atoms with Crippen LogP contribution in [-0.2, 0) is 0 Å². The average molecular weight is 260 g/mol. The fourth-order valence-electron chi connectivity index (χ4n) is 1.73. The molecule has 4 nitrogen and oxygen atoms in total. The summed E-state index contributed by atoms with van der Waals surface area (Å²) >= 11 is 0. The predicted octanol–water partition coefficient (Wildman–Crippen LogP) is 2.53. The lowest BCUT2D eigenvalue weighted by atomic mass is 10.2. The van der Waals surface area contributed by atoms with Crippen LogP contribution in [-0.4, -0.2) is 9.97 Å². The molecule has 0 atom stereocenters. The van der Waals surface area contributed by atoms with E-state index in [9.17, 15) is 13.6 Å². The third kappa shape index (κ3) is 1.87. The molecule has 1 aromatic carbocycles. The number of nitrogens with zero attached hydrogens (tertiary/aromatic N) is 2. The van der Waals surface area contributed by atoms with Gasteiger partial charge in [-0.3, -0.25) is 4.98 Å². The van der Waals surface area contributed by atoms with Crippen LogP contribution in [0.3, 0.4) is 0 Å². The van der Waals surface area contributed by atoms with Crippen LogP contribution in [0, 0.1) is 11.6 Å². The molecular weight excluding hydrogens is 254 g/mol. The molecule has 0 spiro atoms. The molecular formula is C13H6F2N2O2. The Kier molecular flexibility index (Phi) is 2.56. The molecule has 6 heteroatoms. The van der Waals surface area contributed by atoms with Gasteiger partial charge in [0.05, 0.1) is 17.1 Å². The smallest absolute Gasteiger partial charge is 0.347 e. The van der Waals surface area contributed by atoms with E-state index in [0.29, 0.717) is 0 Å². The zero-order valence-electron chi connectivity index (χ0n) is 9.43. The summed E-state index contributed by atoms with van der Waals surface area (Å²) in [6, 6.07) is 4.77.